The first-order chi connectivity index (χ1) is 8.69. The Kier molecular flexibility index (Phi) is 3.78. The number of halogens is 1. The third-order valence-electron chi connectivity index (χ3n) is 1.99. The largest absolute Gasteiger partial charge is 0.484 e. The van der Waals surface area contributed by atoms with Gasteiger partial charge in [0.2, 0.25) is 0 Å². The highest BCUT2D eigenvalue weighted by molar-refractivity contribution is 6.30. The van der Waals surface area contributed by atoms with Crippen LogP contribution in [0.2, 0.25) is 5.02 Å². The second-order valence-electron chi connectivity index (χ2n) is 3.24. The quantitative estimate of drug-likeness (QED) is 0.791. The third kappa shape index (κ3) is 2.98. The second-order valence-corrected chi connectivity index (χ2v) is 3.68. The molecule has 94 valence electrons. The molecule has 0 bridgehead atoms. The number of benzene rings is 1. The summed E-state index contributed by atoms with van der Waals surface area (Å²) in [6, 6.07) is 6.88. The third-order valence-corrected chi connectivity index (χ3v) is 2.22. The summed E-state index contributed by atoms with van der Waals surface area (Å²) in [4.78, 5) is 11.1. The summed E-state index contributed by atoms with van der Waals surface area (Å²) in [6.45, 7) is 0.0460. The molecule has 1 aromatic carbocycles. The van der Waals surface area contributed by atoms with Crippen molar-refractivity contribution >= 4 is 17.6 Å². The van der Waals surface area contributed by atoms with Crippen LogP contribution < -0.4 is 4.74 Å². The minimum absolute atomic E-state index is 0.0460. The van der Waals surface area contributed by atoms with E-state index in [0.717, 1.165) is 0 Å². The van der Waals surface area contributed by atoms with Crippen molar-refractivity contribution in [2.45, 2.75) is 6.61 Å². The summed E-state index contributed by atoms with van der Waals surface area (Å²) < 4.78 is 14.8. The Bertz CT molecular complexity index is 555. The van der Waals surface area contributed by atoms with Gasteiger partial charge in [-0.15, -0.1) is 10.2 Å². The molecule has 2 aromatic rings. The Morgan fingerprint density at radius 2 is 2.28 bits per heavy atom. The van der Waals surface area contributed by atoms with Crippen molar-refractivity contribution in [3.63, 3.8) is 0 Å². The minimum Gasteiger partial charge on any atom is -0.484 e. The Balaban J connectivity index is 1.98. The van der Waals surface area contributed by atoms with Crippen LogP contribution in [0.25, 0.3) is 0 Å². The molecule has 1 heterocycles. The van der Waals surface area contributed by atoms with Gasteiger partial charge in [0, 0.05) is 5.02 Å². The van der Waals surface area contributed by atoms with Gasteiger partial charge in [0.25, 0.3) is 5.89 Å². The predicted octanol–water partition coefficient (Wildman–Crippen LogP) is 2.09. The zero-order valence-corrected chi connectivity index (χ0v) is 10.2. The predicted molar refractivity (Wildman–Crippen MR) is 61.4 cm³/mol. The number of ether oxygens (including phenoxy) is 2. The molecule has 7 heteroatoms. The van der Waals surface area contributed by atoms with Crippen LogP contribution in [0.1, 0.15) is 16.6 Å². The molecule has 0 atom stereocenters. The van der Waals surface area contributed by atoms with E-state index >= 15 is 0 Å². The molecule has 1 aromatic heterocycles. The van der Waals surface area contributed by atoms with Crippen LogP contribution in [0, 0.1) is 0 Å². The summed E-state index contributed by atoms with van der Waals surface area (Å²) in [5.74, 6) is -0.144. The summed E-state index contributed by atoms with van der Waals surface area (Å²) in [6.07, 6.45) is 0. The Morgan fingerprint density at radius 1 is 1.44 bits per heavy atom. The number of aromatic nitrogens is 2. The van der Waals surface area contributed by atoms with Gasteiger partial charge in [0.05, 0.1) is 7.11 Å². The van der Waals surface area contributed by atoms with E-state index in [2.05, 4.69) is 14.9 Å². The number of hydrogen-bond donors (Lipinski definition) is 0. The highest BCUT2D eigenvalue weighted by atomic mass is 35.5. The van der Waals surface area contributed by atoms with E-state index in [4.69, 9.17) is 20.8 Å². The number of esters is 1. The minimum atomic E-state index is -0.684. The summed E-state index contributed by atoms with van der Waals surface area (Å²) >= 11 is 5.80. The topological polar surface area (TPSA) is 74.5 Å². The number of methoxy groups -OCH3 is 1. The van der Waals surface area contributed by atoms with E-state index in [1.165, 1.54) is 7.11 Å². The van der Waals surface area contributed by atoms with E-state index < -0.39 is 5.97 Å². The normalized spacial score (nSPS) is 10.1. The van der Waals surface area contributed by atoms with Gasteiger partial charge >= 0.3 is 11.9 Å². The molecule has 0 radical (unpaired) electrons. The van der Waals surface area contributed by atoms with Gasteiger partial charge in [-0.1, -0.05) is 17.7 Å². The van der Waals surface area contributed by atoms with Crippen LogP contribution in [0.3, 0.4) is 0 Å². The van der Waals surface area contributed by atoms with Gasteiger partial charge in [0.15, 0.2) is 6.61 Å². The lowest BCUT2D eigenvalue weighted by Crippen LogP contribution is -2.00. The van der Waals surface area contributed by atoms with E-state index in [1.807, 2.05) is 0 Å². The molecular weight excluding hydrogens is 260 g/mol. The van der Waals surface area contributed by atoms with Gasteiger partial charge in [0.1, 0.15) is 5.75 Å². The number of carbonyl (C=O) groups excluding carboxylic acids is 1. The average Bonchev–Trinajstić information content (AvgIpc) is 2.84. The summed E-state index contributed by atoms with van der Waals surface area (Å²) in [5, 5.41) is 7.73. The zero-order valence-electron chi connectivity index (χ0n) is 9.42. The Labute approximate surface area is 107 Å². The lowest BCUT2D eigenvalue weighted by molar-refractivity contribution is 0.0552. The van der Waals surface area contributed by atoms with Crippen LogP contribution in [0.15, 0.2) is 28.7 Å². The molecule has 0 saturated carbocycles. The van der Waals surface area contributed by atoms with Gasteiger partial charge in [-0.3, -0.25) is 0 Å². The average molecular weight is 269 g/mol. The van der Waals surface area contributed by atoms with Gasteiger partial charge < -0.3 is 13.9 Å². The van der Waals surface area contributed by atoms with Crippen molar-refractivity contribution in [2.75, 3.05) is 7.11 Å². The van der Waals surface area contributed by atoms with Crippen molar-refractivity contribution in [1.29, 1.82) is 0 Å². The highest BCUT2D eigenvalue weighted by Gasteiger charge is 2.15. The van der Waals surface area contributed by atoms with Crippen LogP contribution in [0.4, 0.5) is 0 Å². The van der Waals surface area contributed by atoms with Crippen molar-refractivity contribution in [2.24, 2.45) is 0 Å². The molecule has 0 amide bonds. The fraction of sp³-hybridized carbons (Fsp3) is 0.182. The fourth-order valence-corrected chi connectivity index (χ4v) is 1.36. The van der Waals surface area contributed by atoms with Crippen LogP contribution in [0.5, 0.6) is 5.75 Å². The van der Waals surface area contributed by atoms with Crippen LogP contribution in [-0.4, -0.2) is 23.3 Å². The molecule has 0 spiro atoms. The monoisotopic (exact) mass is 268 g/mol. The van der Waals surface area contributed by atoms with E-state index in [1.54, 1.807) is 24.3 Å². The van der Waals surface area contributed by atoms with Crippen molar-refractivity contribution in [1.82, 2.24) is 10.2 Å². The molecule has 0 N–H and O–H groups in total. The van der Waals surface area contributed by atoms with Crippen molar-refractivity contribution in [3.05, 3.63) is 41.1 Å². The maximum atomic E-state index is 11.1. The molecule has 18 heavy (non-hydrogen) atoms. The van der Waals surface area contributed by atoms with Crippen molar-refractivity contribution < 1.29 is 18.7 Å². The maximum Gasteiger partial charge on any atom is 0.396 e. The molecule has 0 aliphatic heterocycles. The number of hydrogen-bond acceptors (Lipinski definition) is 6. The van der Waals surface area contributed by atoms with Crippen LogP contribution >= 0.6 is 11.6 Å². The van der Waals surface area contributed by atoms with Gasteiger partial charge in [-0.2, -0.15) is 0 Å². The van der Waals surface area contributed by atoms with E-state index in [0.29, 0.717) is 10.8 Å². The fourth-order valence-electron chi connectivity index (χ4n) is 1.18. The summed E-state index contributed by atoms with van der Waals surface area (Å²) in [7, 11) is 1.23. The first-order valence-electron chi connectivity index (χ1n) is 4.98. The SMILES string of the molecule is COC(=O)c1nnc(COc2cccc(Cl)c2)o1. The van der Waals surface area contributed by atoms with Crippen LogP contribution in [-0.2, 0) is 11.3 Å². The highest BCUT2D eigenvalue weighted by Crippen LogP contribution is 2.18. The van der Waals surface area contributed by atoms with Gasteiger partial charge in [-0.05, 0) is 18.2 Å². The zero-order chi connectivity index (χ0) is 13.0. The summed E-state index contributed by atoms with van der Waals surface area (Å²) in [5.41, 5.74) is 0. The lowest BCUT2D eigenvalue weighted by Gasteiger charge is -2.02. The first kappa shape index (κ1) is 12.4. The van der Waals surface area contributed by atoms with E-state index in [9.17, 15) is 4.79 Å². The molecular formula is C11H9ClN2O4. The van der Waals surface area contributed by atoms with Crippen molar-refractivity contribution in [3.8, 4) is 5.75 Å². The van der Waals surface area contributed by atoms with E-state index in [-0.39, 0.29) is 18.4 Å². The van der Waals surface area contributed by atoms with Gasteiger partial charge in [-0.25, -0.2) is 4.79 Å². The Morgan fingerprint density at radius 3 is 3.00 bits per heavy atom. The number of rotatable bonds is 4. The Hall–Kier alpha value is -2.08. The lowest BCUT2D eigenvalue weighted by atomic mass is 10.3. The second kappa shape index (κ2) is 5.50. The molecule has 0 fully saturated rings. The standard InChI is InChI=1S/C11H9ClN2O4/c1-16-11(15)10-14-13-9(18-10)6-17-8-4-2-3-7(12)5-8/h2-5H,6H2,1H3. The molecule has 0 aliphatic rings. The number of carbonyl (C=O) groups is 1. The molecule has 0 unspecified atom stereocenters. The maximum absolute atomic E-state index is 11.1. The molecule has 6 nitrogen and oxygen atoms in total. The molecule has 2 rings (SSSR count). The molecule has 0 aliphatic carbocycles. The smallest absolute Gasteiger partial charge is 0.396 e. The number of nitrogens with zero attached hydrogens (tertiary/aromatic N) is 2. The molecule has 0 saturated heterocycles. The first-order valence-corrected chi connectivity index (χ1v) is 5.36.